The van der Waals surface area contributed by atoms with Crippen LogP contribution < -0.4 is 15.5 Å². The molecule has 0 bridgehead atoms. The minimum atomic E-state index is -5.68. The van der Waals surface area contributed by atoms with Gasteiger partial charge in [0.25, 0.3) is 0 Å². The summed E-state index contributed by atoms with van der Waals surface area (Å²) in [5.41, 5.74) is -4.05. The summed E-state index contributed by atoms with van der Waals surface area (Å²) in [6.07, 6.45) is 39.5. The standard InChI is InChI=1S/C108H203N2O22P/c1-17-24-31-38-45-46-53-60-67-74-88(14)105(120)128-92(85(11)71-64-57-50-42-35-28-21-5)78-98(116)131-102-100(132-133(121,122)123)93(79-111)129-106(108(102,16)110-96(114)77-91(84(10)70-63-56-49-41-34-27-20-4)127-104(119)87(13)73-66-59-52-44-37-30-23-7)124-80-94-99(117)101(130-97(115)75-89(112)82(8)68-61-54-47-39-32-25-18-2)107(15,81-125-94)109-95(113)76-90(83(9)69-62-55-48-40-33-26-19-3)126-103(118)86(12)72-65-58-51-43-36-29-22-6/h82-94,99-102,106,111-112,117H,17-81H2,1-16H3,(H,109,113)(H,110,114)(H2,121,122,123). The Hall–Kier alpha value is -3.68. The zero-order chi connectivity index (χ0) is 98.7. The summed E-state index contributed by atoms with van der Waals surface area (Å²) in [6, 6.07) is 0. The van der Waals surface area contributed by atoms with Crippen molar-refractivity contribution in [3.05, 3.63) is 0 Å². The number of phosphoric acid groups is 1. The molecule has 0 aromatic carbocycles. The lowest BCUT2D eigenvalue weighted by Gasteiger charge is -2.51. The highest BCUT2D eigenvalue weighted by atomic mass is 31.2. The molecule has 20 atom stereocenters. The molecule has 2 saturated heterocycles. The molecule has 7 N–H and O–H groups in total. The Kier molecular flexibility index (Phi) is 71.7. The lowest BCUT2D eigenvalue weighted by atomic mass is 9.83. The summed E-state index contributed by atoms with van der Waals surface area (Å²) in [4.78, 5) is 139. The fourth-order valence-corrected chi connectivity index (χ4v) is 19.5. The molecule has 0 saturated carbocycles. The smallest absolute Gasteiger partial charge is 0.374 e. The molecule has 25 heteroatoms. The Bertz CT molecular complexity index is 2950. The van der Waals surface area contributed by atoms with Gasteiger partial charge in [-0.25, -0.2) is 0 Å². The van der Waals surface area contributed by atoms with Crippen LogP contribution in [0.25, 0.3) is 0 Å². The summed E-state index contributed by atoms with van der Waals surface area (Å²) in [7, 11) is -5.68. The van der Waals surface area contributed by atoms with E-state index in [4.69, 9.17) is 42.4 Å². The number of hydrogen-bond acceptors (Lipinski definition) is 22. The number of nitrogens with one attached hydrogen (secondary N) is 2. The van der Waals surface area contributed by atoms with Crippen LogP contribution in [0.3, 0.4) is 0 Å². The monoisotopic (exact) mass is 1910 g/mol. The maximum Gasteiger partial charge on any atom is 0.374 e. The molecular formula is C108H203N2O22P. The van der Waals surface area contributed by atoms with Gasteiger partial charge >= 0.3 is 38.0 Å². The Labute approximate surface area is 810 Å². The highest BCUT2D eigenvalue weighted by Gasteiger charge is 2.62. The normalized spacial score (nSPS) is 21.9. The van der Waals surface area contributed by atoms with Gasteiger partial charge in [-0.1, -0.05) is 424 Å². The van der Waals surface area contributed by atoms with Crippen LogP contribution in [-0.2, 0) is 76.0 Å². The number of carbonyl (C=O) groups is 7. The van der Waals surface area contributed by atoms with Gasteiger partial charge in [0.05, 0.1) is 69.4 Å². The molecule has 2 aliphatic heterocycles. The number of amides is 2. The summed E-state index contributed by atoms with van der Waals surface area (Å²) in [6.45, 7) is 29.2. The number of esters is 5. The van der Waals surface area contributed by atoms with Crippen molar-refractivity contribution in [1.82, 2.24) is 10.6 Å². The van der Waals surface area contributed by atoms with Crippen LogP contribution in [0.15, 0.2) is 0 Å². The number of hydrogen-bond donors (Lipinski definition) is 7. The van der Waals surface area contributed by atoms with Gasteiger partial charge in [0.15, 0.2) is 24.6 Å². The minimum absolute atomic E-state index is 0.246. The Morgan fingerprint density at radius 1 is 0.391 bits per heavy atom. The van der Waals surface area contributed by atoms with E-state index in [0.717, 1.165) is 263 Å². The second kappa shape index (κ2) is 76.1. The van der Waals surface area contributed by atoms with Crippen molar-refractivity contribution in [2.45, 2.75) is 587 Å². The first-order valence-corrected chi connectivity index (χ1v) is 56.5. The molecule has 2 rings (SSSR count). The summed E-state index contributed by atoms with van der Waals surface area (Å²) >= 11 is 0. The number of unbranched alkanes of at least 4 members (excludes halogenated alkanes) is 44. The second-order valence-corrected chi connectivity index (χ2v) is 42.7. The molecule has 2 fully saturated rings. The molecule has 0 spiro atoms. The van der Waals surface area contributed by atoms with Gasteiger partial charge in [-0.2, -0.15) is 14.3 Å². The van der Waals surface area contributed by atoms with E-state index in [1.54, 1.807) is 6.92 Å². The molecular weight excluding hydrogens is 1710 g/mol. The van der Waals surface area contributed by atoms with E-state index in [-0.39, 0.29) is 24.2 Å². The van der Waals surface area contributed by atoms with Crippen molar-refractivity contribution in [2.24, 2.45) is 41.4 Å². The summed E-state index contributed by atoms with van der Waals surface area (Å²) in [5.74, 6) is -7.49. The van der Waals surface area contributed by atoms with Crippen LogP contribution in [-0.4, -0.2) is 165 Å². The molecule has 0 radical (unpaired) electrons. The van der Waals surface area contributed by atoms with Gasteiger partial charge in [-0.15, -0.1) is 0 Å². The zero-order valence-electron chi connectivity index (χ0n) is 87.5. The SMILES string of the molecule is CCCCCCCCCCCC(C)C(=O)OC(CC(=O)OC1C(O[P+]([O-])(O)O)C(CO)OC(OCC2OCC(C)(NC(=O)CC(OC(=O)C(C)CCCCCCCCC)C(C)CCCCCCCCC)C(OC(=O)CC(O)C(C)CCCCCCCCC)C2O)C1(C)NC(=O)CC(OC(=O)C(C)CCCCCCCCC)C(C)CCCCCCCCC)C(C)CCCCCCCCC. The average Bonchev–Trinajstić information content (AvgIpc) is 0.727. The van der Waals surface area contributed by atoms with Gasteiger partial charge in [0.2, 0.25) is 11.8 Å². The lowest BCUT2D eigenvalue weighted by molar-refractivity contribution is -0.316. The van der Waals surface area contributed by atoms with Crippen LogP contribution in [0.5, 0.6) is 0 Å². The Balaban J connectivity index is 3.02. The van der Waals surface area contributed by atoms with Crippen molar-refractivity contribution in [2.75, 3.05) is 19.8 Å². The van der Waals surface area contributed by atoms with Crippen LogP contribution in [0.1, 0.15) is 509 Å². The molecule has 133 heavy (non-hydrogen) atoms. The molecule has 0 aliphatic carbocycles. The molecule has 20 unspecified atom stereocenters. The van der Waals surface area contributed by atoms with E-state index in [0.29, 0.717) is 44.9 Å². The minimum Gasteiger partial charge on any atom is -0.606 e. The predicted molar refractivity (Wildman–Crippen MR) is 532 cm³/mol. The van der Waals surface area contributed by atoms with Gasteiger partial charge in [-0.3, -0.25) is 33.6 Å². The van der Waals surface area contributed by atoms with Gasteiger partial charge < -0.3 is 68.7 Å². The molecule has 0 aromatic heterocycles. The second-order valence-electron chi connectivity index (χ2n) is 41.5. The predicted octanol–water partition coefficient (Wildman–Crippen LogP) is 24.3. The Morgan fingerprint density at radius 3 is 1.00 bits per heavy atom. The molecule has 2 heterocycles. The number of aliphatic hydroxyl groups excluding tert-OH is 3. The summed E-state index contributed by atoms with van der Waals surface area (Å²) < 4.78 is 57.7. The first kappa shape index (κ1) is 125. The van der Waals surface area contributed by atoms with E-state index >= 15 is 14.4 Å². The fraction of sp³-hybridized carbons (Fsp3) is 0.935. The number of aliphatic hydroxyl groups is 3. The third-order valence-corrected chi connectivity index (χ3v) is 29.0. The quantitative estimate of drug-likeness (QED) is 0.0129. The summed E-state index contributed by atoms with van der Waals surface area (Å²) in [5, 5.41) is 42.3. The third kappa shape index (κ3) is 55.9. The van der Waals surface area contributed by atoms with Crippen LogP contribution in [0, 0.1) is 41.4 Å². The van der Waals surface area contributed by atoms with Gasteiger partial charge in [-0.05, 0) is 82.5 Å². The molecule has 782 valence electrons. The van der Waals surface area contributed by atoms with E-state index in [9.17, 15) is 49.2 Å². The molecule has 24 nitrogen and oxygen atoms in total. The lowest BCUT2D eigenvalue weighted by Crippen LogP contribution is -2.74. The van der Waals surface area contributed by atoms with E-state index < -0.39 is 191 Å². The van der Waals surface area contributed by atoms with Crippen molar-refractivity contribution in [3.8, 4) is 0 Å². The highest BCUT2D eigenvalue weighted by molar-refractivity contribution is 7.51. The molecule has 2 aliphatic rings. The average molecular weight is 1910 g/mol. The topological polar surface area (TPSA) is 351 Å². The van der Waals surface area contributed by atoms with Crippen LogP contribution >= 0.6 is 8.17 Å². The van der Waals surface area contributed by atoms with Crippen molar-refractivity contribution >= 4 is 49.8 Å². The van der Waals surface area contributed by atoms with Crippen LogP contribution in [0.4, 0.5) is 0 Å². The van der Waals surface area contributed by atoms with Crippen LogP contribution in [0.2, 0.25) is 0 Å². The maximum absolute atomic E-state index is 15.7. The van der Waals surface area contributed by atoms with Gasteiger partial charge in [0.1, 0.15) is 47.7 Å². The number of rotatable bonds is 86. The molecule has 2 amide bonds. The van der Waals surface area contributed by atoms with E-state index in [1.165, 1.54) is 71.1 Å². The van der Waals surface area contributed by atoms with E-state index in [1.807, 2.05) is 48.5 Å². The zero-order valence-corrected chi connectivity index (χ0v) is 88.4. The maximum atomic E-state index is 15.7. The van der Waals surface area contributed by atoms with E-state index in [2.05, 4.69) is 59.1 Å². The Morgan fingerprint density at radius 2 is 0.677 bits per heavy atom. The highest BCUT2D eigenvalue weighted by Crippen LogP contribution is 2.48. The van der Waals surface area contributed by atoms with Crippen molar-refractivity contribution in [1.29, 1.82) is 0 Å². The van der Waals surface area contributed by atoms with Crippen molar-refractivity contribution in [3.63, 3.8) is 0 Å². The fourth-order valence-electron chi connectivity index (χ4n) is 18.9. The van der Waals surface area contributed by atoms with Crippen molar-refractivity contribution < 1.29 is 106 Å². The largest absolute Gasteiger partial charge is 0.606 e. The third-order valence-electron chi connectivity index (χ3n) is 28.5. The first-order chi connectivity index (χ1) is 63.7. The number of ether oxygens (including phenoxy) is 8. The molecule has 0 aromatic rings. The van der Waals surface area contributed by atoms with Gasteiger partial charge in [0, 0.05) is 0 Å². The number of carbonyl (C=O) groups excluding carboxylic acids is 7. The number of phosphoric ester groups is 1. The first-order valence-electron chi connectivity index (χ1n) is 54.9.